The first kappa shape index (κ1) is 17.9. The van der Waals surface area contributed by atoms with Crippen LogP contribution >= 0.6 is 11.6 Å². The monoisotopic (exact) mass is 366 g/mol. The molecule has 6 heteroatoms. The molecule has 0 saturated carbocycles. The summed E-state index contributed by atoms with van der Waals surface area (Å²) >= 11 is 6.12. The van der Waals surface area contributed by atoms with Gasteiger partial charge in [-0.1, -0.05) is 41.9 Å². The lowest BCUT2D eigenvalue weighted by Gasteiger charge is -2.10. The molecule has 5 nitrogen and oxygen atoms in total. The van der Waals surface area contributed by atoms with Crippen LogP contribution in [0.4, 0.5) is 11.6 Å². The van der Waals surface area contributed by atoms with Gasteiger partial charge in [-0.2, -0.15) is 0 Å². The van der Waals surface area contributed by atoms with Crippen LogP contribution in [-0.4, -0.2) is 15.9 Å². The number of anilines is 2. The number of hydrogen-bond donors (Lipinski definition) is 2. The van der Waals surface area contributed by atoms with Crippen molar-refractivity contribution in [1.29, 1.82) is 0 Å². The molecule has 0 aliphatic heterocycles. The number of rotatable bonds is 5. The Bertz CT molecular complexity index is 925. The van der Waals surface area contributed by atoms with E-state index in [0.717, 1.165) is 22.4 Å². The SMILES string of the molecule is Cc1cccc(NC(=O)c2cnc(NCc3ccccc3Cl)nc2)c1C. The number of carbonyl (C=O) groups is 1. The Hall–Kier alpha value is -2.92. The predicted molar refractivity (Wildman–Crippen MR) is 105 cm³/mol. The zero-order valence-corrected chi connectivity index (χ0v) is 15.3. The molecule has 3 rings (SSSR count). The fourth-order valence-electron chi connectivity index (χ4n) is 2.43. The van der Waals surface area contributed by atoms with Crippen molar-refractivity contribution < 1.29 is 4.79 Å². The smallest absolute Gasteiger partial charge is 0.258 e. The number of aromatic nitrogens is 2. The summed E-state index contributed by atoms with van der Waals surface area (Å²) in [6.07, 6.45) is 3.00. The molecule has 1 amide bonds. The molecule has 0 unspecified atom stereocenters. The summed E-state index contributed by atoms with van der Waals surface area (Å²) in [5.74, 6) is 0.199. The Morgan fingerprint density at radius 1 is 1.04 bits per heavy atom. The largest absolute Gasteiger partial charge is 0.350 e. The number of nitrogens with one attached hydrogen (secondary N) is 2. The maximum atomic E-state index is 12.4. The average Bonchev–Trinajstić information content (AvgIpc) is 2.65. The minimum absolute atomic E-state index is 0.239. The topological polar surface area (TPSA) is 66.9 Å². The number of nitrogens with zero attached hydrogens (tertiary/aromatic N) is 2. The number of halogens is 1. The summed E-state index contributed by atoms with van der Waals surface area (Å²) in [7, 11) is 0. The van der Waals surface area contributed by atoms with Crippen LogP contribution < -0.4 is 10.6 Å². The average molecular weight is 367 g/mol. The van der Waals surface area contributed by atoms with Gasteiger partial charge in [-0.15, -0.1) is 0 Å². The molecular weight excluding hydrogens is 348 g/mol. The van der Waals surface area contributed by atoms with Crippen LogP contribution in [0.1, 0.15) is 27.0 Å². The second-order valence-corrected chi connectivity index (χ2v) is 6.35. The van der Waals surface area contributed by atoms with Crippen molar-refractivity contribution in [2.75, 3.05) is 10.6 Å². The summed E-state index contributed by atoms with van der Waals surface area (Å²) in [6.45, 7) is 4.49. The van der Waals surface area contributed by atoms with Crippen LogP contribution in [0, 0.1) is 13.8 Å². The molecule has 26 heavy (non-hydrogen) atoms. The Kier molecular flexibility index (Phi) is 5.49. The van der Waals surface area contributed by atoms with E-state index in [-0.39, 0.29) is 5.91 Å². The van der Waals surface area contributed by atoms with Gasteiger partial charge in [-0.3, -0.25) is 4.79 Å². The molecule has 0 saturated heterocycles. The van der Waals surface area contributed by atoms with Gasteiger partial charge >= 0.3 is 0 Å². The number of hydrogen-bond acceptors (Lipinski definition) is 4. The highest BCUT2D eigenvalue weighted by Crippen LogP contribution is 2.19. The Morgan fingerprint density at radius 3 is 2.50 bits per heavy atom. The van der Waals surface area contributed by atoms with Gasteiger partial charge in [0.05, 0.1) is 5.56 Å². The van der Waals surface area contributed by atoms with Crippen LogP contribution in [0.25, 0.3) is 0 Å². The quantitative estimate of drug-likeness (QED) is 0.691. The molecular formula is C20H19ClN4O. The number of amides is 1. The third-order valence-corrected chi connectivity index (χ3v) is 4.53. The molecule has 2 aromatic carbocycles. The number of carbonyl (C=O) groups excluding carboxylic acids is 1. The molecule has 0 spiro atoms. The minimum atomic E-state index is -0.239. The molecule has 0 fully saturated rings. The third kappa shape index (κ3) is 4.18. The van der Waals surface area contributed by atoms with Gasteiger partial charge < -0.3 is 10.6 Å². The van der Waals surface area contributed by atoms with Crippen LogP contribution in [0.2, 0.25) is 5.02 Å². The standard InChI is InChI=1S/C20H19ClN4O/c1-13-6-5-9-18(14(13)2)25-19(26)16-11-23-20(24-12-16)22-10-15-7-3-4-8-17(15)21/h3-9,11-12H,10H2,1-2H3,(H,25,26)(H,22,23,24). The Balaban J connectivity index is 1.64. The highest BCUT2D eigenvalue weighted by Gasteiger charge is 2.10. The van der Waals surface area contributed by atoms with E-state index in [1.165, 1.54) is 12.4 Å². The van der Waals surface area contributed by atoms with Gasteiger partial charge in [-0.25, -0.2) is 9.97 Å². The van der Waals surface area contributed by atoms with Gasteiger partial charge in [0, 0.05) is 29.6 Å². The van der Waals surface area contributed by atoms with Gasteiger partial charge in [0.15, 0.2) is 0 Å². The van der Waals surface area contributed by atoms with Crippen molar-refractivity contribution >= 4 is 29.1 Å². The van der Waals surface area contributed by atoms with E-state index in [2.05, 4.69) is 20.6 Å². The fraction of sp³-hybridized carbons (Fsp3) is 0.150. The first-order valence-electron chi connectivity index (χ1n) is 8.21. The van der Waals surface area contributed by atoms with E-state index in [9.17, 15) is 4.79 Å². The maximum Gasteiger partial charge on any atom is 0.258 e. The van der Waals surface area contributed by atoms with E-state index in [0.29, 0.717) is 23.1 Å². The lowest BCUT2D eigenvalue weighted by atomic mass is 10.1. The molecule has 3 aromatic rings. The predicted octanol–water partition coefficient (Wildman–Crippen LogP) is 4.61. The number of benzene rings is 2. The molecule has 0 bridgehead atoms. The van der Waals surface area contributed by atoms with Gasteiger partial charge in [0.25, 0.3) is 5.91 Å². The summed E-state index contributed by atoms with van der Waals surface area (Å²) < 4.78 is 0. The Labute approximate surface area is 157 Å². The molecule has 0 aliphatic carbocycles. The van der Waals surface area contributed by atoms with Crippen molar-refractivity contribution in [3.05, 3.63) is 82.1 Å². The Morgan fingerprint density at radius 2 is 1.77 bits per heavy atom. The lowest BCUT2D eigenvalue weighted by molar-refractivity contribution is 0.102. The normalized spacial score (nSPS) is 10.4. The summed E-state index contributed by atoms with van der Waals surface area (Å²) in [5.41, 5.74) is 4.30. The van der Waals surface area contributed by atoms with Gasteiger partial charge in [-0.05, 0) is 42.7 Å². The van der Waals surface area contributed by atoms with E-state index in [1.54, 1.807) is 0 Å². The summed E-state index contributed by atoms with van der Waals surface area (Å²) in [4.78, 5) is 20.8. The van der Waals surface area contributed by atoms with Crippen molar-refractivity contribution in [1.82, 2.24) is 9.97 Å². The molecule has 0 atom stereocenters. The van der Waals surface area contributed by atoms with E-state index in [1.807, 2.05) is 56.3 Å². The first-order valence-corrected chi connectivity index (χ1v) is 8.59. The minimum Gasteiger partial charge on any atom is -0.350 e. The zero-order chi connectivity index (χ0) is 18.5. The zero-order valence-electron chi connectivity index (χ0n) is 14.6. The molecule has 0 radical (unpaired) electrons. The van der Waals surface area contributed by atoms with E-state index >= 15 is 0 Å². The van der Waals surface area contributed by atoms with E-state index < -0.39 is 0 Å². The van der Waals surface area contributed by atoms with Gasteiger partial charge in [0.1, 0.15) is 0 Å². The molecule has 132 valence electrons. The van der Waals surface area contributed by atoms with Crippen molar-refractivity contribution in [3.63, 3.8) is 0 Å². The van der Waals surface area contributed by atoms with E-state index in [4.69, 9.17) is 11.6 Å². The second kappa shape index (κ2) is 7.97. The first-order chi connectivity index (χ1) is 12.5. The van der Waals surface area contributed by atoms with Crippen molar-refractivity contribution in [3.8, 4) is 0 Å². The fourth-order valence-corrected chi connectivity index (χ4v) is 2.64. The van der Waals surface area contributed by atoms with Crippen LogP contribution in [0.15, 0.2) is 54.9 Å². The second-order valence-electron chi connectivity index (χ2n) is 5.94. The highest BCUT2D eigenvalue weighted by atomic mass is 35.5. The highest BCUT2D eigenvalue weighted by molar-refractivity contribution is 6.31. The van der Waals surface area contributed by atoms with Crippen LogP contribution in [0.5, 0.6) is 0 Å². The molecule has 2 N–H and O–H groups in total. The lowest BCUT2D eigenvalue weighted by Crippen LogP contribution is -2.14. The van der Waals surface area contributed by atoms with Crippen LogP contribution in [0.3, 0.4) is 0 Å². The number of aryl methyl sites for hydroxylation is 1. The molecule has 0 aliphatic rings. The van der Waals surface area contributed by atoms with Crippen molar-refractivity contribution in [2.24, 2.45) is 0 Å². The molecule has 1 heterocycles. The van der Waals surface area contributed by atoms with Gasteiger partial charge in [0.2, 0.25) is 5.95 Å². The summed E-state index contributed by atoms with van der Waals surface area (Å²) in [6, 6.07) is 13.4. The van der Waals surface area contributed by atoms with Crippen molar-refractivity contribution in [2.45, 2.75) is 20.4 Å². The summed E-state index contributed by atoms with van der Waals surface area (Å²) in [5, 5.41) is 6.68. The van der Waals surface area contributed by atoms with Crippen LogP contribution in [-0.2, 0) is 6.54 Å². The maximum absolute atomic E-state index is 12.4. The molecule has 1 aromatic heterocycles. The third-order valence-electron chi connectivity index (χ3n) is 4.16.